The molecule has 1 amide bonds. The lowest BCUT2D eigenvalue weighted by molar-refractivity contribution is -0.128. The number of hydrogen-bond donors (Lipinski definition) is 2. The maximum absolute atomic E-state index is 14.1. The zero-order valence-corrected chi connectivity index (χ0v) is 22.6. The molecule has 36 heavy (non-hydrogen) atoms. The molecule has 1 unspecified atom stereocenters. The van der Waals surface area contributed by atoms with Crippen LogP contribution >= 0.6 is 27.5 Å². The lowest BCUT2D eigenvalue weighted by Gasteiger charge is -2.40. The third-order valence-corrected chi connectivity index (χ3v) is 8.10. The average molecular weight is 571 g/mol. The van der Waals surface area contributed by atoms with Crippen LogP contribution in [0.5, 0.6) is 0 Å². The number of nitrogens with zero attached hydrogens (tertiary/aromatic N) is 1. The molecule has 7 heteroatoms. The lowest BCUT2D eigenvalue weighted by atomic mass is 9.89. The standard InChI is InChI=1S/C29H29BrClNO4/c1-27(2,35)21-7-12-25-24(15-21)26(34)32(16-19-3-8-22(30)9-4-19)29(25,20-5-10-23(31)11-6-20)36-18-28(17-33)13-14-28/h3-12,15,33,35H,13-14,16-18H2,1-2H3. The Hall–Kier alpha value is -2.22. The fourth-order valence-electron chi connectivity index (χ4n) is 4.80. The molecule has 0 aromatic heterocycles. The van der Waals surface area contributed by atoms with Gasteiger partial charge in [0.15, 0.2) is 5.72 Å². The van der Waals surface area contributed by atoms with Gasteiger partial charge in [-0.15, -0.1) is 0 Å². The van der Waals surface area contributed by atoms with Crippen molar-refractivity contribution in [2.24, 2.45) is 5.41 Å². The maximum Gasteiger partial charge on any atom is 0.257 e. The minimum atomic E-state index is -1.22. The van der Waals surface area contributed by atoms with Crippen LogP contribution in [0.25, 0.3) is 0 Å². The summed E-state index contributed by atoms with van der Waals surface area (Å²) in [6, 6.07) is 20.7. The summed E-state index contributed by atoms with van der Waals surface area (Å²) in [7, 11) is 0. The van der Waals surface area contributed by atoms with Crippen LogP contribution in [0.15, 0.2) is 71.2 Å². The van der Waals surface area contributed by atoms with Gasteiger partial charge >= 0.3 is 0 Å². The number of carbonyl (C=O) groups is 1. The van der Waals surface area contributed by atoms with Crippen LogP contribution in [0.3, 0.4) is 0 Å². The summed E-state index contributed by atoms with van der Waals surface area (Å²) in [6.07, 6.45) is 1.76. The number of carbonyl (C=O) groups excluding carboxylic acids is 1. The molecule has 0 bridgehead atoms. The summed E-state index contributed by atoms with van der Waals surface area (Å²) in [5.74, 6) is -0.178. The highest BCUT2D eigenvalue weighted by molar-refractivity contribution is 9.10. The molecule has 1 fully saturated rings. The third kappa shape index (κ3) is 4.50. The van der Waals surface area contributed by atoms with Crippen LogP contribution in [0.1, 0.15) is 59.3 Å². The van der Waals surface area contributed by atoms with Crippen molar-refractivity contribution in [2.75, 3.05) is 13.2 Å². The van der Waals surface area contributed by atoms with Crippen molar-refractivity contribution in [3.8, 4) is 0 Å². The Balaban J connectivity index is 1.70. The number of halogens is 2. The van der Waals surface area contributed by atoms with E-state index >= 15 is 0 Å². The van der Waals surface area contributed by atoms with E-state index in [1.165, 1.54) is 0 Å². The topological polar surface area (TPSA) is 70.0 Å². The van der Waals surface area contributed by atoms with Gasteiger partial charge in [-0.2, -0.15) is 0 Å². The summed E-state index contributed by atoms with van der Waals surface area (Å²) in [5, 5.41) is 21.3. The minimum Gasteiger partial charge on any atom is -0.396 e. The molecule has 5 nitrogen and oxygen atoms in total. The number of ether oxygens (including phenoxy) is 1. The number of fused-ring (bicyclic) bond motifs is 1. The Morgan fingerprint density at radius 3 is 2.31 bits per heavy atom. The highest BCUT2D eigenvalue weighted by atomic mass is 79.9. The van der Waals surface area contributed by atoms with Crippen molar-refractivity contribution < 1.29 is 19.7 Å². The van der Waals surface area contributed by atoms with E-state index in [4.69, 9.17) is 16.3 Å². The number of aliphatic hydroxyl groups is 2. The largest absolute Gasteiger partial charge is 0.396 e. The maximum atomic E-state index is 14.1. The predicted molar refractivity (Wildman–Crippen MR) is 143 cm³/mol. The van der Waals surface area contributed by atoms with Crippen molar-refractivity contribution in [2.45, 2.75) is 44.6 Å². The first-order valence-electron chi connectivity index (χ1n) is 12.0. The summed E-state index contributed by atoms with van der Waals surface area (Å²) < 4.78 is 7.75. The van der Waals surface area contributed by atoms with E-state index in [2.05, 4.69) is 15.9 Å². The van der Waals surface area contributed by atoms with Gasteiger partial charge < -0.3 is 14.9 Å². The summed E-state index contributed by atoms with van der Waals surface area (Å²) >= 11 is 9.72. The molecule has 1 aliphatic heterocycles. The Labute approximate surface area is 224 Å². The Morgan fingerprint density at radius 1 is 1.06 bits per heavy atom. The molecule has 0 radical (unpaired) electrons. The quantitative estimate of drug-likeness (QED) is 0.350. The second kappa shape index (κ2) is 9.26. The SMILES string of the molecule is CC(C)(O)c1ccc2c(c1)C(=O)N(Cc1ccc(Br)cc1)C2(OCC1(CO)CC1)c1ccc(Cl)cc1. The van der Waals surface area contributed by atoms with Gasteiger partial charge in [0, 0.05) is 38.1 Å². The van der Waals surface area contributed by atoms with E-state index in [1.54, 1.807) is 36.9 Å². The molecule has 1 atom stereocenters. The Morgan fingerprint density at radius 2 is 1.72 bits per heavy atom. The minimum absolute atomic E-state index is 0.0366. The van der Waals surface area contributed by atoms with Gasteiger partial charge in [-0.1, -0.05) is 63.9 Å². The van der Waals surface area contributed by atoms with Crippen LogP contribution in [0.4, 0.5) is 0 Å². The zero-order valence-electron chi connectivity index (χ0n) is 20.3. The van der Waals surface area contributed by atoms with Crippen LogP contribution < -0.4 is 0 Å². The van der Waals surface area contributed by atoms with Crippen LogP contribution in [0, 0.1) is 5.41 Å². The van der Waals surface area contributed by atoms with Crippen LogP contribution in [-0.4, -0.2) is 34.2 Å². The zero-order chi connectivity index (χ0) is 25.7. The smallest absolute Gasteiger partial charge is 0.257 e. The van der Waals surface area contributed by atoms with Crippen molar-refractivity contribution in [1.82, 2.24) is 4.90 Å². The first kappa shape index (κ1) is 25.4. The molecular weight excluding hydrogens is 542 g/mol. The molecule has 2 aliphatic rings. The van der Waals surface area contributed by atoms with Crippen molar-refractivity contribution in [3.05, 3.63) is 104 Å². The molecule has 2 N–H and O–H groups in total. The number of hydrogen-bond acceptors (Lipinski definition) is 4. The van der Waals surface area contributed by atoms with E-state index in [9.17, 15) is 15.0 Å². The van der Waals surface area contributed by atoms with Crippen LogP contribution in [0.2, 0.25) is 5.02 Å². The molecule has 3 aromatic carbocycles. The van der Waals surface area contributed by atoms with Gasteiger partial charge in [-0.05, 0) is 68.1 Å². The van der Waals surface area contributed by atoms with Crippen molar-refractivity contribution >= 4 is 33.4 Å². The predicted octanol–water partition coefficient (Wildman–Crippen LogP) is 5.98. The van der Waals surface area contributed by atoms with E-state index in [-0.39, 0.29) is 17.9 Å². The molecule has 3 aromatic rings. The molecule has 1 saturated carbocycles. The van der Waals surface area contributed by atoms with Crippen LogP contribution in [-0.2, 0) is 22.6 Å². The number of rotatable bonds is 8. The molecular formula is C29H29BrClNO4. The molecule has 1 heterocycles. The highest BCUT2D eigenvalue weighted by Crippen LogP contribution is 2.51. The third-order valence-electron chi connectivity index (χ3n) is 7.32. The molecule has 0 saturated heterocycles. The summed E-state index contributed by atoms with van der Waals surface area (Å²) in [4.78, 5) is 15.8. The number of aliphatic hydroxyl groups excluding tert-OH is 1. The lowest BCUT2D eigenvalue weighted by Crippen LogP contribution is -2.47. The first-order chi connectivity index (χ1) is 17.1. The van der Waals surface area contributed by atoms with Gasteiger partial charge in [0.1, 0.15) is 0 Å². The van der Waals surface area contributed by atoms with Gasteiger partial charge in [0.25, 0.3) is 5.91 Å². The summed E-state index contributed by atoms with van der Waals surface area (Å²) in [6.45, 7) is 4.06. The second-order valence-electron chi connectivity index (χ2n) is 10.4. The van der Waals surface area contributed by atoms with Gasteiger partial charge in [-0.25, -0.2) is 0 Å². The number of benzene rings is 3. The van der Waals surface area contributed by atoms with Gasteiger partial charge in [-0.3, -0.25) is 9.69 Å². The summed E-state index contributed by atoms with van der Waals surface area (Å²) in [5.41, 5.74) is 0.985. The van der Waals surface area contributed by atoms with E-state index in [1.807, 2.05) is 48.5 Å². The Bertz CT molecular complexity index is 1280. The van der Waals surface area contributed by atoms with Crippen molar-refractivity contribution in [3.63, 3.8) is 0 Å². The molecule has 188 valence electrons. The Kier molecular flexibility index (Phi) is 6.54. The van der Waals surface area contributed by atoms with E-state index in [0.717, 1.165) is 28.4 Å². The van der Waals surface area contributed by atoms with Gasteiger partial charge in [0.05, 0.1) is 18.8 Å². The van der Waals surface area contributed by atoms with E-state index < -0.39 is 11.3 Å². The number of amides is 1. The van der Waals surface area contributed by atoms with Gasteiger partial charge in [0.2, 0.25) is 0 Å². The highest BCUT2D eigenvalue weighted by Gasteiger charge is 2.54. The fraction of sp³-hybridized carbons (Fsp3) is 0.345. The molecule has 5 rings (SSSR count). The monoisotopic (exact) mass is 569 g/mol. The normalized spacial score (nSPS) is 20.5. The molecule has 1 aliphatic carbocycles. The molecule has 0 spiro atoms. The first-order valence-corrected chi connectivity index (χ1v) is 13.2. The van der Waals surface area contributed by atoms with Crippen molar-refractivity contribution in [1.29, 1.82) is 0 Å². The second-order valence-corrected chi connectivity index (χ2v) is 11.8. The fourth-order valence-corrected chi connectivity index (χ4v) is 5.19. The van der Waals surface area contributed by atoms with E-state index in [0.29, 0.717) is 34.9 Å². The average Bonchev–Trinajstić information content (AvgIpc) is 3.60.